The molecule has 1 atom stereocenters. The molecule has 0 aliphatic heterocycles. The molecule has 2 nitrogen and oxygen atoms in total. The molecule has 0 bridgehead atoms. The van der Waals surface area contributed by atoms with Crippen LogP contribution in [-0.2, 0) is 12.8 Å². The minimum Gasteiger partial charge on any atom is -0.361 e. The highest BCUT2D eigenvalue weighted by Crippen LogP contribution is 2.26. The lowest BCUT2D eigenvalue weighted by Crippen LogP contribution is -2.09. The topological polar surface area (TPSA) is 26.0 Å². The summed E-state index contributed by atoms with van der Waals surface area (Å²) in [6.07, 6.45) is 3.52. The van der Waals surface area contributed by atoms with Crippen molar-refractivity contribution >= 4 is 0 Å². The first-order chi connectivity index (χ1) is 5.27. The molecule has 0 spiro atoms. The fraction of sp³-hybridized carbons (Fsp3) is 0.667. The molecule has 1 unspecified atom stereocenters. The maximum absolute atomic E-state index is 5.21. The molecule has 2 heteroatoms. The normalized spacial score (nSPS) is 23.3. The van der Waals surface area contributed by atoms with Crippen LogP contribution in [0, 0.1) is 12.8 Å². The monoisotopic (exact) mass is 151 g/mol. The Kier molecular flexibility index (Phi) is 1.48. The zero-order valence-electron chi connectivity index (χ0n) is 7.05. The molecular formula is C9H13NO. The van der Waals surface area contributed by atoms with Crippen molar-refractivity contribution in [3.8, 4) is 0 Å². The van der Waals surface area contributed by atoms with Gasteiger partial charge in [-0.1, -0.05) is 12.1 Å². The third-order valence-electron chi connectivity index (χ3n) is 2.49. The number of fused-ring (bicyclic) bond motifs is 1. The number of aromatic nitrogens is 1. The van der Waals surface area contributed by atoms with Crippen molar-refractivity contribution in [1.82, 2.24) is 5.16 Å². The SMILES string of the molecule is Cc1noc2c1CCC(C)C2. The van der Waals surface area contributed by atoms with Gasteiger partial charge in [-0.2, -0.15) is 0 Å². The van der Waals surface area contributed by atoms with E-state index in [1.165, 1.54) is 12.0 Å². The van der Waals surface area contributed by atoms with E-state index in [1.54, 1.807) is 0 Å². The molecule has 0 saturated heterocycles. The number of rotatable bonds is 0. The number of hydrogen-bond acceptors (Lipinski definition) is 2. The Hall–Kier alpha value is -0.790. The summed E-state index contributed by atoms with van der Waals surface area (Å²) in [7, 11) is 0. The molecule has 1 aliphatic carbocycles. The molecule has 1 heterocycles. The van der Waals surface area contributed by atoms with Gasteiger partial charge in [-0.25, -0.2) is 0 Å². The minimum atomic E-state index is 0.773. The van der Waals surface area contributed by atoms with Crippen molar-refractivity contribution < 1.29 is 4.52 Å². The molecule has 60 valence electrons. The van der Waals surface area contributed by atoms with Gasteiger partial charge in [0.2, 0.25) is 0 Å². The standard InChI is InChI=1S/C9H13NO/c1-6-3-4-8-7(2)10-11-9(8)5-6/h6H,3-5H2,1-2H3. The predicted octanol–water partition coefficient (Wildman–Crippen LogP) is 2.11. The van der Waals surface area contributed by atoms with E-state index in [-0.39, 0.29) is 0 Å². The van der Waals surface area contributed by atoms with Crippen LogP contribution >= 0.6 is 0 Å². The van der Waals surface area contributed by atoms with Crippen LogP contribution in [-0.4, -0.2) is 5.16 Å². The summed E-state index contributed by atoms with van der Waals surface area (Å²) in [5.74, 6) is 1.90. The third-order valence-corrected chi connectivity index (χ3v) is 2.49. The summed E-state index contributed by atoms with van der Waals surface area (Å²) in [6, 6.07) is 0. The van der Waals surface area contributed by atoms with Gasteiger partial charge >= 0.3 is 0 Å². The van der Waals surface area contributed by atoms with E-state index >= 15 is 0 Å². The van der Waals surface area contributed by atoms with Crippen molar-refractivity contribution in [2.45, 2.75) is 33.1 Å². The first-order valence-corrected chi connectivity index (χ1v) is 4.21. The van der Waals surface area contributed by atoms with Crippen LogP contribution in [0.25, 0.3) is 0 Å². The molecule has 1 aliphatic rings. The molecule has 0 amide bonds. The van der Waals surface area contributed by atoms with Gasteiger partial charge in [-0.15, -0.1) is 0 Å². The van der Waals surface area contributed by atoms with Gasteiger partial charge in [0.1, 0.15) is 5.76 Å². The fourth-order valence-corrected chi connectivity index (χ4v) is 1.73. The van der Waals surface area contributed by atoms with E-state index in [1.807, 2.05) is 6.92 Å². The van der Waals surface area contributed by atoms with Gasteiger partial charge in [0, 0.05) is 12.0 Å². The van der Waals surface area contributed by atoms with Gasteiger partial charge in [0.25, 0.3) is 0 Å². The van der Waals surface area contributed by atoms with E-state index in [2.05, 4.69) is 12.1 Å². The predicted molar refractivity (Wildman–Crippen MR) is 42.4 cm³/mol. The highest BCUT2D eigenvalue weighted by atomic mass is 16.5. The second-order valence-electron chi connectivity index (χ2n) is 3.52. The van der Waals surface area contributed by atoms with Crippen molar-refractivity contribution in [1.29, 1.82) is 0 Å². The van der Waals surface area contributed by atoms with Crippen LogP contribution in [0.3, 0.4) is 0 Å². The lowest BCUT2D eigenvalue weighted by Gasteiger charge is -2.15. The number of hydrogen-bond donors (Lipinski definition) is 0. The Morgan fingerprint density at radius 3 is 3.18 bits per heavy atom. The second-order valence-corrected chi connectivity index (χ2v) is 3.52. The largest absolute Gasteiger partial charge is 0.361 e. The third kappa shape index (κ3) is 1.06. The average Bonchev–Trinajstić information content (AvgIpc) is 2.32. The highest BCUT2D eigenvalue weighted by molar-refractivity contribution is 5.24. The van der Waals surface area contributed by atoms with E-state index in [0.717, 1.165) is 30.2 Å². The fourth-order valence-electron chi connectivity index (χ4n) is 1.73. The molecule has 0 radical (unpaired) electrons. The van der Waals surface area contributed by atoms with Gasteiger partial charge in [0.05, 0.1) is 5.69 Å². The molecule has 0 N–H and O–H groups in total. The number of aryl methyl sites for hydroxylation is 1. The lowest BCUT2D eigenvalue weighted by atomic mass is 9.89. The highest BCUT2D eigenvalue weighted by Gasteiger charge is 2.20. The second kappa shape index (κ2) is 2.36. The van der Waals surface area contributed by atoms with Gasteiger partial charge in [0.15, 0.2) is 0 Å². The first-order valence-electron chi connectivity index (χ1n) is 4.21. The molecule has 11 heavy (non-hydrogen) atoms. The van der Waals surface area contributed by atoms with Crippen molar-refractivity contribution in [3.05, 3.63) is 17.0 Å². The van der Waals surface area contributed by atoms with Gasteiger partial charge in [-0.3, -0.25) is 0 Å². The summed E-state index contributed by atoms with van der Waals surface area (Å²) >= 11 is 0. The Balaban J connectivity index is 2.36. The first kappa shape index (κ1) is 6.89. The average molecular weight is 151 g/mol. The molecule has 0 saturated carbocycles. The quantitative estimate of drug-likeness (QED) is 0.567. The molecule has 1 aromatic heterocycles. The number of nitrogens with zero attached hydrogens (tertiary/aromatic N) is 1. The summed E-state index contributed by atoms with van der Waals surface area (Å²) in [5, 5.41) is 3.96. The zero-order valence-corrected chi connectivity index (χ0v) is 7.05. The molecular weight excluding hydrogens is 138 g/mol. The smallest absolute Gasteiger partial charge is 0.140 e. The lowest BCUT2D eigenvalue weighted by molar-refractivity contribution is 0.344. The molecule has 1 aromatic rings. The van der Waals surface area contributed by atoms with Crippen LogP contribution in [0.5, 0.6) is 0 Å². The molecule has 0 fully saturated rings. The van der Waals surface area contributed by atoms with Crippen molar-refractivity contribution in [2.24, 2.45) is 5.92 Å². The van der Waals surface area contributed by atoms with E-state index in [0.29, 0.717) is 0 Å². The van der Waals surface area contributed by atoms with Gasteiger partial charge < -0.3 is 4.52 Å². The summed E-state index contributed by atoms with van der Waals surface area (Å²) in [5.41, 5.74) is 2.45. The Morgan fingerprint density at radius 1 is 1.55 bits per heavy atom. The summed E-state index contributed by atoms with van der Waals surface area (Å²) in [4.78, 5) is 0. The molecule has 0 aromatic carbocycles. The maximum Gasteiger partial charge on any atom is 0.140 e. The van der Waals surface area contributed by atoms with Crippen LogP contribution in [0.2, 0.25) is 0 Å². The van der Waals surface area contributed by atoms with Crippen LogP contribution in [0.4, 0.5) is 0 Å². The maximum atomic E-state index is 5.21. The zero-order chi connectivity index (χ0) is 7.84. The van der Waals surface area contributed by atoms with Crippen molar-refractivity contribution in [2.75, 3.05) is 0 Å². The van der Waals surface area contributed by atoms with Crippen LogP contribution in [0.15, 0.2) is 4.52 Å². The van der Waals surface area contributed by atoms with Crippen LogP contribution < -0.4 is 0 Å². The van der Waals surface area contributed by atoms with E-state index < -0.39 is 0 Å². The summed E-state index contributed by atoms with van der Waals surface area (Å²) in [6.45, 7) is 4.29. The van der Waals surface area contributed by atoms with E-state index in [9.17, 15) is 0 Å². The van der Waals surface area contributed by atoms with E-state index in [4.69, 9.17) is 4.52 Å². The van der Waals surface area contributed by atoms with Crippen molar-refractivity contribution in [3.63, 3.8) is 0 Å². The minimum absolute atomic E-state index is 0.773. The molecule has 2 rings (SSSR count). The Morgan fingerprint density at radius 2 is 2.36 bits per heavy atom. The Bertz CT molecular complexity index is 265. The summed E-state index contributed by atoms with van der Waals surface area (Å²) < 4.78 is 5.21. The van der Waals surface area contributed by atoms with Gasteiger partial charge in [-0.05, 0) is 25.7 Å². The van der Waals surface area contributed by atoms with Crippen LogP contribution in [0.1, 0.15) is 30.4 Å². The Labute approximate surface area is 66.6 Å².